The molecule has 0 aliphatic carbocycles. The van der Waals surface area contributed by atoms with E-state index in [9.17, 15) is 8.42 Å². The average molecular weight is 367 g/mol. The summed E-state index contributed by atoms with van der Waals surface area (Å²) in [5.74, 6) is 0.667. The molecule has 3 rings (SSSR count). The highest BCUT2D eigenvalue weighted by Crippen LogP contribution is 2.27. The first-order valence-electron chi connectivity index (χ1n) is 8.35. The summed E-state index contributed by atoms with van der Waals surface area (Å²) in [4.78, 5) is 4.41. The zero-order valence-electron chi connectivity index (χ0n) is 14.7. The van der Waals surface area contributed by atoms with Gasteiger partial charge in [0.1, 0.15) is 5.82 Å². The molecule has 1 aromatic heterocycles. The predicted octanol–water partition coefficient (Wildman–Crippen LogP) is 4.75. The van der Waals surface area contributed by atoms with Crippen LogP contribution < -0.4 is 10.0 Å². The third kappa shape index (κ3) is 4.21. The average Bonchev–Trinajstić information content (AvgIpc) is 2.64. The van der Waals surface area contributed by atoms with Gasteiger partial charge >= 0.3 is 0 Å². The van der Waals surface area contributed by atoms with Crippen LogP contribution in [0.25, 0.3) is 0 Å². The first-order chi connectivity index (χ1) is 12.5. The van der Waals surface area contributed by atoms with Crippen molar-refractivity contribution >= 4 is 27.2 Å². The van der Waals surface area contributed by atoms with Crippen LogP contribution in [0.1, 0.15) is 25.3 Å². The quantitative estimate of drug-likeness (QED) is 0.659. The van der Waals surface area contributed by atoms with E-state index in [1.807, 2.05) is 18.2 Å². The highest BCUT2D eigenvalue weighted by Gasteiger charge is 2.14. The van der Waals surface area contributed by atoms with Crippen molar-refractivity contribution in [2.45, 2.75) is 24.7 Å². The molecule has 0 radical (unpaired) electrons. The molecule has 0 spiro atoms. The third-order valence-electron chi connectivity index (χ3n) is 3.92. The molecule has 3 aromatic rings. The summed E-state index contributed by atoms with van der Waals surface area (Å²) >= 11 is 0. The minimum absolute atomic E-state index is 0.204. The lowest BCUT2D eigenvalue weighted by atomic mass is 10.0. The Balaban J connectivity index is 1.76. The molecule has 0 saturated heterocycles. The van der Waals surface area contributed by atoms with Gasteiger partial charge in [0, 0.05) is 5.69 Å². The SMILES string of the molecule is CC(C)c1ccccc1Nc1ccc(NS(=O)(=O)c2ccccc2)nc1. The van der Waals surface area contributed by atoms with Gasteiger partial charge in [-0.05, 0) is 41.8 Å². The minimum atomic E-state index is -3.64. The van der Waals surface area contributed by atoms with Gasteiger partial charge in [-0.3, -0.25) is 4.72 Å². The number of para-hydroxylation sites is 1. The maximum Gasteiger partial charge on any atom is 0.263 e. The second-order valence-electron chi connectivity index (χ2n) is 6.22. The fourth-order valence-electron chi connectivity index (χ4n) is 2.59. The van der Waals surface area contributed by atoms with E-state index < -0.39 is 10.0 Å². The van der Waals surface area contributed by atoms with Crippen molar-refractivity contribution in [2.24, 2.45) is 0 Å². The van der Waals surface area contributed by atoms with E-state index in [0.717, 1.165) is 11.4 Å². The second-order valence-corrected chi connectivity index (χ2v) is 7.90. The Morgan fingerprint density at radius 1 is 0.885 bits per heavy atom. The molecule has 134 valence electrons. The fourth-order valence-corrected chi connectivity index (χ4v) is 3.62. The lowest BCUT2D eigenvalue weighted by molar-refractivity contribution is 0.601. The van der Waals surface area contributed by atoms with Crippen molar-refractivity contribution in [2.75, 3.05) is 10.0 Å². The maximum absolute atomic E-state index is 12.3. The fraction of sp³-hybridized carbons (Fsp3) is 0.150. The molecule has 0 aliphatic rings. The summed E-state index contributed by atoms with van der Waals surface area (Å²) in [6, 6.07) is 19.7. The number of sulfonamides is 1. The number of aromatic nitrogens is 1. The lowest BCUT2D eigenvalue weighted by Crippen LogP contribution is -2.13. The molecule has 6 heteroatoms. The minimum Gasteiger partial charge on any atom is -0.354 e. The summed E-state index contributed by atoms with van der Waals surface area (Å²) in [6.45, 7) is 4.28. The van der Waals surface area contributed by atoms with Crippen LogP contribution >= 0.6 is 0 Å². The number of hydrogen-bond acceptors (Lipinski definition) is 4. The molecule has 2 N–H and O–H groups in total. The van der Waals surface area contributed by atoms with E-state index in [1.54, 1.807) is 48.7 Å². The third-order valence-corrected chi connectivity index (χ3v) is 5.29. The van der Waals surface area contributed by atoms with E-state index in [0.29, 0.717) is 5.92 Å². The number of benzene rings is 2. The van der Waals surface area contributed by atoms with Crippen molar-refractivity contribution in [3.8, 4) is 0 Å². The van der Waals surface area contributed by atoms with E-state index >= 15 is 0 Å². The summed E-state index contributed by atoms with van der Waals surface area (Å²) < 4.78 is 27.1. The zero-order valence-corrected chi connectivity index (χ0v) is 15.5. The molecule has 0 saturated carbocycles. The number of nitrogens with one attached hydrogen (secondary N) is 2. The van der Waals surface area contributed by atoms with Crippen LogP contribution in [0.15, 0.2) is 77.8 Å². The normalized spacial score (nSPS) is 11.3. The largest absolute Gasteiger partial charge is 0.354 e. The van der Waals surface area contributed by atoms with E-state index in [2.05, 4.69) is 34.9 Å². The van der Waals surface area contributed by atoms with E-state index in [1.165, 1.54) is 5.56 Å². The van der Waals surface area contributed by atoms with Gasteiger partial charge in [0.25, 0.3) is 10.0 Å². The van der Waals surface area contributed by atoms with Crippen molar-refractivity contribution in [3.05, 3.63) is 78.5 Å². The molecule has 1 heterocycles. The Labute approximate surface area is 154 Å². The molecule has 0 fully saturated rings. The molecule has 0 amide bonds. The first-order valence-corrected chi connectivity index (χ1v) is 9.84. The molecule has 2 aromatic carbocycles. The van der Waals surface area contributed by atoms with Gasteiger partial charge in [0.05, 0.1) is 16.8 Å². The van der Waals surface area contributed by atoms with Crippen molar-refractivity contribution < 1.29 is 8.42 Å². The highest BCUT2D eigenvalue weighted by molar-refractivity contribution is 7.92. The Morgan fingerprint density at radius 2 is 1.58 bits per heavy atom. The number of nitrogens with zero attached hydrogens (tertiary/aromatic N) is 1. The van der Waals surface area contributed by atoms with E-state index in [4.69, 9.17) is 0 Å². The molecule has 0 aliphatic heterocycles. The summed E-state index contributed by atoms with van der Waals surface area (Å²) in [5.41, 5.74) is 3.02. The summed E-state index contributed by atoms with van der Waals surface area (Å²) in [7, 11) is -3.64. The van der Waals surface area contributed by atoms with Crippen molar-refractivity contribution in [1.82, 2.24) is 4.98 Å². The van der Waals surface area contributed by atoms with Crippen LogP contribution in [0, 0.1) is 0 Å². The Morgan fingerprint density at radius 3 is 2.23 bits per heavy atom. The summed E-state index contributed by atoms with van der Waals surface area (Å²) in [5, 5.41) is 3.34. The molecular weight excluding hydrogens is 346 g/mol. The van der Waals surface area contributed by atoms with Gasteiger partial charge in [-0.1, -0.05) is 50.2 Å². The van der Waals surface area contributed by atoms with Gasteiger partial charge < -0.3 is 5.32 Å². The number of rotatable bonds is 6. The van der Waals surface area contributed by atoms with Gasteiger partial charge in [0.15, 0.2) is 0 Å². The van der Waals surface area contributed by atoms with Gasteiger partial charge in [-0.25, -0.2) is 13.4 Å². The number of hydrogen-bond donors (Lipinski definition) is 2. The summed E-state index contributed by atoms with van der Waals surface area (Å²) in [6.07, 6.45) is 1.61. The molecule has 5 nitrogen and oxygen atoms in total. The second kappa shape index (κ2) is 7.58. The monoisotopic (exact) mass is 367 g/mol. The van der Waals surface area contributed by atoms with Crippen LogP contribution in [-0.2, 0) is 10.0 Å². The zero-order chi connectivity index (χ0) is 18.6. The number of pyridine rings is 1. The van der Waals surface area contributed by atoms with Gasteiger partial charge in [0.2, 0.25) is 0 Å². The van der Waals surface area contributed by atoms with Gasteiger partial charge in [-0.2, -0.15) is 0 Å². The van der Waals surface area contributed by atoms with Crippen LogP contribution in [0.3, 0.4) is 0 Å². The van der Waals surface area contributed by atoms with Gasteiger partial charge in [-0.15, -0.1) is 0 Å². The smallest absolute Gasteiger partial charge is 0.263 e. The lowest BCUT2D eigenvalue weighted by Gasteiger charge is -2.14. The first kappa shape index (κ1) is 17.9. The standard InChI is InChI=1S/C20H21N3O2S/c1-15(2)18-10-6-7-11-19(18)22-16-12-13-20(21-14-16)23-26(24,25)17-8-4-3-5-9-17/h3-15,22H,1-2H3,(H,21,23). The number of anilines is 3. The highest BCUT2D eigenvalue weighted by atomic mass is 32.2. The van der Waals surface area contributed by atoms with Crippen LogP contribution in [-0.4, -0.2) is 13.4 Å². The predicted molar refractivity (Wildman–Crippen MR) is 105 cm³/mol. The van der Waals surface area contributed by atoms with E-state index in [-0.39, 0.29) is 10.7 Å². The van der Waals surface area contributed by atoms with Crippen LogP contribution in [0.4, 0.5) is 17.2 Å². The topological polar surface area (TPSA) is 71.1 Å². The molecular formula is C20H21N3O2S. The van der Waals surface area contributed by atoms with Crippen molar-refractivity contribution in [3.63, 3.8) is 0 Å². The maximum atomic E-state index is 12.3. The Hall–Kier alpha value is -2.86. The molecule has 26 heavy (non-hydrogen) atoms. The van der Waals surface area contributed by atoms with Crippen molar-refractivity contribution in [1.29, 1.82) is 0 Å². The molecule has 0 atom stereocenters. The Bertz CT molecular complexity index is 969. The van der Waals surface area contributed by atoms with Crippen LogP contribution in [0.5, 0.6) is 0 Å². The molecule has 0 bridgehead atoms. The molecule has 0 unspecified atom stereocenters. The van der Waals surface area contributed by atoms with Crippen LogP contribution in [0.2, 0.25) is 0 Å². The Kier molecular flexibility index (Phi) is 5.23.